The molecular formula is C11H7N7O7. The fourth-order valence-electron chi connectivity index (χ4n) is 1.93. The van der Waals surface area contributed by atoms with Gasteiger partial charge in [-0.1, -0.05) is 0 Å². The van der Waals surface area contributed by atoms with Crippen molar-refractivity contribution in [3.8, 4) is 0 Å². The second kappa shape index (κ2) is 5.44. The third-order valence-electron chi connectivity index (χ3n) is 3.01. The van der Waals surface area contributed by atoms with Crippen molar-refractivity contribution in [1.29, 1.82) is 0 Å². The number of hydrogen-bond acceptors (Lipinski definition) is 9. The molecule has 0 radical (unpaired) electrons. The van der Waals surface area contributed by atoms with Gasteiger partial charge in [0.1, 0.15) is 5.69 Å². The predicted molar refractivity (Wildman–Crippen MR) is 80.3 cm³/mol. The molecule has 0 aliphatic carbocycles. The summed E-state index contributed by atoms with van der Waals surface area (Å²) in [6, 6.07) is 0. The number of carbonyl (C=O) groups excluding carboxylic acids is 1. The lowest BCUT2D eigenvalue weighted by atomic mass is 10.3. The van der Waals surface area contributed by atoms with Crippen molar-refractivity contribution in [2.45, 2.75) is 0 Å². The van der Waals surface area contributed by atoms with Crippen LogP contribution < -0.4 is 38.6 Å². The van der Waals surface area contributed by atoms with Gasteiger partial charge in [0.15, 0.2) is 16.7 Å². The number of nitrogens with two attached hydrogens (primary N) is 1. The van der Waals surface area contributed by atoms with Crippen LogP contribution in [0.3, 0.4) is 0 Å². The molecule has 14 nitrogen and oxygen atoms in total. The van der Waals surface area contributed by atoms with Gasteiger partial charge in [-0.3, -0.25) is 29.3 Å². The molecule has 0 saturated carbocycles. The molecular weight excluding hydrogens is 342 g/mol. The van der Waals surface area contributed by atoms with Crippen LogP contribution in [0, 0.1) is 0 Å². The first-order valence-corrected chi connectivity index (χ1v) is 6.37. The summed E-state index contributed by atoms with van der Waals surface area (Å²) in [5.41, 5.74) is -2.52. The highest BCUT2D eigenvalue weighted by molar-refractivity contribution is 5.93. The Morgan fingerprint density at radius 1 is 1.04 bits per heavy atom. The van der Waals surface area contributed by atoms with Crippen LogP contribution in [0.25, 0.3) is 11.0 Å². The number of nitrogen functional groups attached to an aromatic ring is 1. The van der Waals surface area contributed by atoms with Gasteiger partial charge in [0.05, 0.1) is 6.33 Å². The first-order valence-electron chi connectivity index (χ1n) is 6.37. The van der Waals surface area contributed by atoms with E-state index in [0.717, 1.165) is 6.33 Å². The highest BCUT2D eigenvalue weighted by atomic mass is 16.7. The Kier molecular flexibility index (Phi) is 3.41. The Labute approximate surface area is 132 Å². The topological polar surface area (TPSA) is 219 Å². The number of hydrogen-bond donors (Lipinski definition) is 5. The van der Waals surface area contributed by atoms with E-state index in [4.69, 9.17) is 10.6 Å². The minimum Gasteiger partial charge on any atom is -0.392 e. The molecule has 0 saturated heterocycles. The molecule has 0 aromatic carbocycles. The molecule has 6 N–H and O–H groups in total. The quantitative estimate of drug-likeness (QED) is 0.304. The standard InChI is InChI=1S/C11H7N7O7/c12-2-3(15-10(23)16-6(2)19)9(22)25-18-5-4(7(20)17-11(18)24)13-1-14-8(5)21/h1H,12H2,(H,13,14,21)(H,17,20,24)(H2,15,16,19,23). The van der Waals surface area contributed by atoms with Gasteiger partial charge in [0.2, 0.25) is 0 Å². The average molecular weight is 349 g/mol. The van der Waals surface area contributed by atoms with Crippen LogP contribution in [-0.2, 0) is 0 Å². The van der Waals surface area contributed by atoms with Crippen LogP contribution in [0.4, 0.5) is 5.69 Å². The van der Waals surface area contributed by atoms with Crippen molar-refractivity contribution in [3.05, 3.63) is 64.1 Å². The molecule has 3 rings (SSSR count). The Bertz CT molecular complexity index is 1310. The predicted octanol–water partition coefficient (Wildman–Crippen LogP) is -4.00. The number of nitrogens with one attached hydrogen (secondary N) is 4. The molecule has 0 aliphatic heterocycles. The van der Waals surface area contributed by atoms with Gasteiger partial charge < -0.3 is 15.6 Å². The Morgan fingerprint density at radius 3 is 2.48 bits per heavy atom. The van der Waals surface area contributed by atoms with Crippen molar-refractivity contribution >= 4 is 22.7 Å². The van der Waals surface area contributed by atoms with Gasteiger partial charge >= 0.3 is 17.3 Å². The van der Waals surface area contributed by atoms with Crippen molar-refractivity contribution in [3.63, 3.8) is 0 Å². The summed E-state index contributed by atoms with van der Waals surface area (Å²) in [7, 11) is 0. The maximum absolute atomic E-state index is 12.1. The van der Waals surface area contributed by atoms with Gasteiger partial charge in [0.25, 0.3) is 16.7 Å². The van der Waals surface area contributed by atoms with Crippen LogP contribution in [0.5, 0.6) is 0 Å². The number of aromatic amines is 4. The Hall–Kier alpha value is -4.23. The maximum Gasteiger partial charge on any atom is 0.382 e. The second-order valence-corrected chi connectivity index (χ2v) is 4.56. The minimum absolute atomic E-state index is 0.157. The molecule has 3 aromatic heterocycles. The van der Waals surface area contributed by atoms with Gasteiger partial charge in [-0.05, 0) is 0 Å². The van der Waals surface area contributed by atoms with Crippen LogP contribution in [0.1, 0.15) is 10.5 Å². The molecule has 0 bridgehead atoms. The molecule has 0 unspecified atom stereocenters. The number of carbonyl (C=O) groups is 1. The first kappa shape index (κ1) is 15.7. The molecule has 0 atom stereocenters. The van der Waals surface area contributed by atoms with Crippen molar-refractivity contribution in [1.82, 2.24) is 29.7 Å². The van der Waals surface area contributed by atoms with E-state index < -0.39 is 56.4 Å². The monoisotopic (exact) mass is 349 g/mol. The molecule has 0 spiro atoms. The Balaban J connectivity index is 2.23. The first-order chi connectivity index (χ1) is 11.8. The number of anilines is 1. The zero-order chi connectivity index (χ0) is 18.3. The molecule has 0 amide bonds. The lowest BCUT2D eigenvalue weighted by molar-refractivity contribution is 0.0451. The molecule has 3 heterocycles. The fraction of sp³-hybridized carbons (Fsp3) is 0. The maximum atomic E-state index is 12.1. The van der Waals surface area contributed by atoms with Gasteiger partial charge in [-0.25, -0.2) is 19.4 Å². The summed E-state index contributed by atoms with van der Waals surface area (Å²) in [4.78, 5) is 86.1. The third-order valence-corrected chi connectivity index (χ3v) is 3.01. The van der Waals surface area contributed by atoms with Crippen LogP contribution in [0.2, 0.25) is 0 Å². The fourth-order valence-corrected chi connectivity index (χ4v) is 1.93. The average Bonchev–Trinajstić information content (AvgIpc) is 2.54. The van der Waals surface area contributed by atoms with Crippen LogP contribution in [-0.4, -0.2) is 35.6 Å². The summed E-state index contributed by atoms with van der Waals surface area (Å²) in [5, 5.41) is 0. The van der Waals surface area contributed by atoms with Crippen molar-refractivity contribution in [2.24, 2.45) is 0 Å². The van der Waals surface area contributed by atoms with Gasteiger partial charge in [-0.2, -0.15) is 0 Å². The number of fused-ring (bicyclic) bond motifs is 1. The number of nitrogens with zero attached hydrogens (tertiary/aromatic N) is 2. The van der Waals surface area contributed by atoms with Gasteiger partial charge in [0, 0.05) is 0 Å². The minimum atomic E-state index is -1.43. The highest BCUT2D eigenvalue weighted by Gasteiger charge is 2.21. The van der Waals surface area contributed by atoms with E-state index in [1.807, 2.05) is 4.98 Å². The summed E-state index contributed by atoms with van der Waals surface area (Å²) in [6.07, 6.45) is 0.906. The van der Waals surface area contributed by atoms with E-state index in [9.17, 15) is 28.8 Å². The summed E-state index contributed by atoms with van der Waals surface area (Å²) < 4.78 is 0.157. The molecule has 3 aromatic rings. The van der Waals surface area contributed by atoms with Crippen LogP contribution >= 0.6 is 0 Å². The lowest BCUT2D eigenvalue weighted by Crippen LogP contribution is -2.41. The Morgan fingerprint density at radius 2 is 1.76 bits per heavy atom. The van der Waals surface area contributed by atoms with E-state index in [0.29, 0.717) is 0 Å². The number of rotatable bonds is 2. The summed E-state index contributed by atoms with van der Waals surface area (Å²) >= 11 is 0. The van der Waals surface area contributed by atoms with Crippen LogP contribution in [0.15, 0.2) is 30.3 Å². The zero-order valence-corrected chi connectivity index (χ0v) is 11.9. The normalized spacial score (nSPS) is 10.7. The largest absolute Gasteiger partial charge is 0.392 e. The smallest absolute Gasteiger partial charge is 0.382 e. The second-order valence-electron chi connectivity index (χ2n) is 4.56. The molecule has 0 aliphatic rings. The zero-order valence-electron chi connectivity index (χ0n) is 11.9. The van der Waals surface area contributed by atoms with Crippen molar-refractivity contribution in [2.75, 3.05) is 5.73 Å². The van der Waals surface area contributed by atoms with E-state index in [-0.39, 0.29) is 4.73 Å². The van der Waals surface area contributed by atoms with Gasteiger partial charge in [-0.15, -0.1) is 4.73 Å². The lowest BCUT2D eigenvalue weighted by Gasteiger charge is -2.08. The molecule has 0 fully saturated rings. The SMILES string of the molecule is Nc1c(C(=O)On2c(=O)[nH]c(=O)c3nc[nH]c(=O)c32)[nH]c(=O)[nH]c1=O. The molecule has 14 heteroatoms. The highest BCUT2D eigenvalue weighted by Crippen LogP contribution is 2.01. The molecule has 25 heavy (non-hydrogen) atoms. The van der Waals surface area contributed by atoms with E-state index >= 15 is 0 Å². The van der Waals surface area contributed by atoms with E-state index in [2.05, 4.69) is 9.97 Å². The number of H-pyrrole nitrogens is 4. The third kappa shape index (κ3) is 2.52. The summed E-state index contributed by atoms with van der Waals surface area (Å²) in [5.74, 6) is -1.43. The molecule has 128 valence electrons. The van der Waals surface area contributed by atoms with E-state index in [1.165, 1.54) is 0 Å². The van der Waals surface area contributed by atoms with Crippen molar-refractivity contribution < 1.29 is 9.63 Å². The van der Waals surface area contributed by atoms with E-state index in [1.54, 1.807) is 9.97 Å². The summed E-state index contributed by atoms with van der Waals surface area (Å²) in [6.45, 7) is 0. The number of aromatic nitrogens is 6.